The monoisotopic (exact) mass is 386 g/mol. The van der Waals surface area contributed by atoms with Crippen molar-refractivity contribution in [3.05, 3.63) is 36.2 Å². The molecule has 2 aromatic heterocycles. The molecule has 2 aliphatic heterocycles. The zero-order valence-corrected chi connectivity index (χ0v) is 16.3. The Morgan fingerprint density at radius 1 is 1.32 bits per heavy atom. The van der Waals surface area contributed by atoms with Crippen molar-refractivity contribution in [1.29, 1.82) is 0 Å². The van der Waals surface area contributed by atoms with Crippen molar-refractivity contribution in [3.63, 3.8) is 0 Å². The number of amides is 2. The molecule has 2 aliphatic rings. The van der Waals surface area contributed by atoms with Crippen LogP contribution < -0.4 is 0 Å². The zero-order chi connectivity index (χ0) is 19.7. The van der Waals surface area contributed by atoms with Crippen LogP contribution >= 0.6 is 0 Å². The minimum Gasteiger partial charge on any atom is -0.375 e. The Hall–Kier alpha value is -2.68. The lowest BCUT2D eigenvalue weighted by atomic mass is 9.78. The smallest absolute Gasteiger partial charge is 0.249 e. The van der Waals surface area contributed by atoms with Crippen molar-refractivity contribution in [3.8, 4) is 0 Å². The number of piperidine rings is 1. The van der Waals surface area contributed by atoms with Gasteiger partial charge in [0.25, 0.3) is 0 Å². The Balaban J connectivity index is 1.55. The first-order valence-corrected chi connectivity index (χ1v) is 9.67. The van der Waals surface area contributed by atoms with Crippen molar-refractivity contribution < 1.29 is 14.3 Å². The first-order chi connectivity index (χ1) is 13.6. The van der Waals surface area contributed by atoms with Crippen LogP contribution in [-0.2, 0) is 26.3 Å². The van der Waals surface area contributed by atoms with Gasteiger partial charge in [-0.3, -0.25) is 14.3 Å². The van der Waals surface area contributed by atoms with Gasteiger partial charge in [0.05, 0.1) is 17.6 Å². The number of ether oxygens (including phenoxy) is 1. The summed E-state index contributed by atoms with van der Waals surface area (Å²) in [5.41, 5.74) is 1.55. The molecule has 1 spiro atoms. The van der Waals surface area contributed by atoms with E-state index >= 15 is 0 Å². The number of H-pyrrole nitrogens is 1. The second-order valence-corrected chi connectivity index (χ2v) is 7.48. The number of methoxy groups -OCH3 is 1. The quantitative estimate of drug-likeness (QED) is 0.835. The number of carbonyl (C=O) groups excluding carboxylic acids is 2. The number of aromatic nitrogens is 4. The van der Waals surface area contributed by atoms with Gasteiger partial charge in [0, 0.05) is 51.3 Å². The van der Waals surface area contributed by atoms with Crippen molar-refractivity contribution in [2.45, 2.75) is 37.8 Å². The van der Waals surface area contributed by atoms with Crippen molar-refractivity contribution in [1.82, 2.24) is 29.5 Å². The van der Waals surface area contributed by atoms with Gasteiger partial charge in [-0.1, -0.05) is 0 Å². The van der Waals surface area contributed by atoms with E-state index < -0.39 is 5.54 Å². The van der Waals surface area contributed by atoms with Crippen LogP contribution in [0.3, 0.4) is 0 Å². The van der Waals surface area contributed by atoms with E-state index in [9.17, 15) is 9.59 Å². The van der Waals surface area contributed by atoms with E-state index in [1.807, 2.05) is 22.8 Å². The molecule has 28 heavy (non-hydrogen) atoms. The molecule has 9 heteroatoms. The zero-order valence-electron chi connectivity index (χ0n) is 16.3. The lowest BCUT2D eigenvalue weighted by Crippen LogP contribution is -2.59. The maximum Gasteiger partial charge on any atom is 0.249 e. The average Bonchev–Trinajstić information content (AvgIpc) is 3.40. The van der Waals surface area contributed by atoms with E-state index in [2.05, 4.69) is 15.1 Å². The van der Waals surface area contributed by atoms with Gasteiger partial charge in [0.15, 0.2) is 0 Å². The average molecular weight is 386 g/mol. The van der Waals surface area contributed by atoms with Crippen molar-refractivity contribution in [2.75, 3.05) is 33.4 Å². The minimum absolute atomic E-state index is 0.0270. The number of rotatable bonds is 4. The molecule has 0 aliphatic carbocycles. The molecule has 150 valence electrons. The van der Waals surface area contributed by atoms with Crippen molar-refractivity contribution in [2.24, 2.45) is 0 Å². The number of nitrogens with one attached hydrogen (secondary N) is 1. The summed E-state index contributed by atoms with van der Waals surface area (Å²) in [6.07, 6.45) is 7.26. The van der Waals surface area contributed by atoms with Crippen LogP contribution in [0.4, 0.5) is 0 Å². The van der Waals surface area contributed by atoms with Gasteiger partial charge in [-0.2, -0.15) is 5.10 Å². The van der Waals surface area contributed by atoms with Crippen molar-refractivity contribution >= 4 is 11.8 Å². The second-order valence-electron chi connectivity index (χ2n) is 7.48. The SMILES string of the molecule is COCC(=O)N1CCc2[nH]cnc2C12CCN(C(=O)[C@H](C)n1cccn1)CC2. The van der Waals surface area contributed by atoms with Crippen LogP contribution in [0, 0.1) is 0 Å². The number of carbonyl (C=O) groups is 2. The molecular formula is C19H26N6O3. The number of hydrogen-bond donors (Lipinski definition) is 1. The molecule has 1 N–H and O–H groups in total. The van der Waals surface area contributed by atoms with Crippen LogP contribution in [0.2, 0.25) is 0 Å². The number of likely N-dealkylation sites (tertiary alicyclic amines) is 1. The minimum atomic E-state index is -0.477. The summed E-state index contributed by atoms with van der Waals surface area (Å²) in [4.78, 5) is 37.2. The molecule has 1 atom stereocenters. The second kappa shape index (κ2) is 7.38. The standard InChI is InChI=1S/C19H26N6O3/c1-14(25-8-3-7-22-25)18(27)23-10-5-19(6-11-23)17-15(20-13-21-17)4-9-24(19)16(26)12-28-2/h3,7-8,13-14H,4-6,9-12H2,1-2H3,(H,20,21)/t14-/m0/s1. The Labute approximate surface area is 163 Å². The first-order valence-electron chi connectivity index (χ1n) is 9.67. The highest BCUT2D eigenvalue weighted by molar-refractivity contribution is 5.81. The summed E-state index contributed by atoms with van der Waals surface area (Å²) in [7, 11) is 1.53. The first kappa shape index (κ1) is 18.7. The largest absolute Gasteiger partial charge is 0.375 e. The summed E-state index contributed by atoms with van der Waals surface area (Å²) in [6, 6.07) is 1.47. The van der Waals surface area contributed by atoms with Crippen LogP contribution in [0.25, 0.3) is 0 Å². The molecule has 0 aromatic carbocycles. The molecule has 4 rings (SSSR count). The fourth-order valence-electron chi connectivity index (χ4n) is 4.53. The third-order valence-electron chi connectivity index (χ3n) is 6.01. The van der Waals surface area contributed by atoms with Gasteiger partial charge in [0.2, 0.25) is 11.8 Å². The third kappa shape index (κ3) is 2.99. The fraction of sp³-hybridized carbons (Fsp3) is 0.579. The van der Waals surface area contributed by atoms with Crippen LogP contribution in [0.15, 0.2) is 24.8 Å². The molecule has 1 saturated heterocycles. The molecule has 0 bridgehead atoms. The van der Waals surface area contributed by atoms with E-state index in [0.29, 0.717) is 32.5 Å². The maximum atomic E-state index is 12.9. The highest BCUT2D eigenvalue weighted by Crippen LogP contribution is 2.42. The highest BCUT2D eigenvalue weighted by atomic mass is 16.5. The molecule has 2 aromatic rings. The van der Waals surface area contributed by atoms with Gasteiger partial charge in [0.1, 0.15) is 12.6 Å². The normalized spacial score (nSPS) is 19.5. The number of hydrogen-bond acceptors (Lipinski definition) is 5. The lowest BCUT2D eigenvalue weighted by molar-refractivity contribution is -0.148. The molecule has 0 radical (unpaired) electrons. The summed E-state index contributed by atoms with van der Waals surface area (Å²) in [6.45, 7) is 3.71. The maximum absolute atomic E-state index is 12.9. The summed E-state index contributed by atoms with van der Waals surface area (Å²) < 4.78 is 6.77. The third-order valence-corrected chi connectivity index (χ3v) is 6.01. The lowest BCUT2D eigenvalue weighted by Gasteiger charge is -2.50. The number of imidazole rings is 1. The molecule has 4 heterocycles. The van der Waals surface area contributed by atoms with Gasteiger partial charge >= 0.3 is 0 Å². The molecule has 1 fully saturated rings. The van der Waals surface area contributed by atoms with Gasteiger partial charge < -0.3 is 19.5 Å². The van der Waals surface area contributed by atoms with E-state index in [0.717, 1.165) is 17.8 Å². The van der Waals surface area contributed by atoms with Gasteiger partial charge in [-0.15, -0.1) is 0 Å². The number of aromatic amines is 1. The Kier molecular flexibility index (Phi) is 4.92. The molecule has 9 nitrogen and oxygen atoms in total. The van der Waals surface area contributed by atoms with Crippen LogP contribution in [0.1, 0.15) is 37.2 Å². The predicted octanol–water partition coefficient (Wildman–Crippen LogP) is 0.716. The summed E-state index contributed by atoms with van der Waals surface area (Å²) >= 11 is 0. The molecular weight excluding hydrogens is 360 g/mol. The topological polar surface area (TPSA) is 96.4 Å². The molecule has 2 amide bonds. The van der Waals surface area contributed by atoms with E-state index in [4.69, 9.17) is 4.74 Å². The van der Waals surface area contributed by atoms with Gasteiger partial charge in [-0.25, -0.2) is 4.98 Å². The highest BCUT2D eigenvalue weighted by Gasteiger charge is 2.49. The fourth-order valence-corrected chi connectivity index (χ4v) is 4.53. The predicted molar refractivity (Wildman–Crippen MR) is 100 cm³/mol. The summed E-state index contributed by atoms with van der Waals surface area (Å²) in [5.74, 6) is 0.0206. The van der Waals surface area contributed by atoms with Crippen LogP contribution in [-0.4, -0.2) is 74.7 Å². The molecule has 0 saturated carbocycles. The van der Waals surface area contributed by atoms with Crippen LogP contribution in [0.5, 0.6) is 0 Å². The Morgan fingerprint density at radius 3 is 2.79 bits per heavy atom. The Morgan fingerprint density at radius 2 is 2.11 bits per heavy atom. The molecule has 0 unspecified atom stereocenters. The Bertz CT molecular complexity index is 838. The van der Waals surface area contributed by atoms with Gasteiger partial charge in [-0.05, 0) is 25.8 Å². The van der Waals surface area contributed by atoms with E-state index in [-0.39, 0.29) is 24.5 Å². The van der Waals surface area contributed by atoms with E-state index in [1.54, 1.807) is 23.4 Å². The van der Waals surface area contributed by atoms with E-state index in [1.165, 1.54) is 7.11 Å². The summed E-state index contributed by atoms with van der Waals surface area (Å²) in [5, 5.41) is 4.18. The number of fused-ring (bicyclic) bond motifs is 2. The number of nitrogens with zero attached hydrogens (tertiary/aromatic N) is 5.